The molecule has 0 unspecified atom stereocenters. The Kier molecular flexibility index (Phi) is 3.37. The molecule has 0 spiro atoms. The highest BCUT2D eigenvalue weighted by Gasteiger charge is 2.46. The summed E-state index contributed by atoms with van der Waals surface area (Å²) in [5.41, 5.74) is 2.06. The maximum Gasteiger partial charge on any atom is 0.340 e. The van der Waals surface area contributed by atoms with Crippen molar-refractivity contribution in [3.8, 4) is 0 Å². The quantitative estimate of drug-likeness (QED) is 0.395. The van der Waals surface area contributed by atoms with E-state index in [0.717, 1.165) is 11.1 Å². The summed E-state index contributed by atoms with van der Waals surface area (Å²) in [4.78, 5) is 11.4. The molecule has 80 valence electrons. The summed E-state index contributed by atoms with van der Waals surface area (Å²) in [7, 11) is -0.137. The minimum Gasteiger partial charge on any atom is -0.467 e. The Labute approximate surface area is 90.9 Å². The van der Waals surface area contributed by atoms with Crippen LogP contribution in [0.3, 0.4) is 0 Å². The van der Waals surface area contributed by atoms with E-state index in [4.69, 9.17) is 11.6 Å². The van der Waals surface area contributed by atoms with Gasteiger partial charge >= 0.3 is 5.97 Å². The highest BCUT2D eigenvalue weighted by Crippen LogP contribution is 2.36. The number of ether oxygens (including phenoxy) is 1. The Balaban J connectivity index is 3.03. The van der Waals surface area contributed by atoms with E-state index in [2.05, 4.69) is 4.74 Å². The number of halogens is 1. The molecule has 0 aromatic carbocycles. The van der Waals surface area contributed by atoms with Gasteiger partial charge in [0.1, 0.15) is 0 Å². The summed E-state index contributed by atoms with van der Waals surface area (Å²) in [6.45, 7) is 3.80. The van der Waals surface area contributed by atoms with E-state index >= 15 is 0 Å². The van der Waals surface area contributed by atoms with Crippen LogP contribution in [0.25, 0.3) is 0 Å². The first-order valence-electron chi connectivity index (χ1n) is 4.23. The number of alkyl halides is 1. The monoisotopic (exact) mass is 236 g/mol. The molecule has 0 saturated heterocycles. The first kappa shape index (κ1) is 11.7. The maximum absolute atomic E-state index is 11.7. The van der Waals surface area contributed by atoms with Gasteiger partial charge in [-0.25, -0.2) is 4.79 Å². The number of hydrogen-bond acceptors (Lipinski definition) is 3. The Bertz CT molecular complexity index is 324. The van der Waals surface area contributed by atoms with Crippen LogP contribution in [0, 0.1) is 0 Å². The van der Waals surface area contributed by atoms with Crippen molar-refractivity contribution in [2.45, 2.75) is 24.5 Å². The van der Waals surface area contributed by atoms with Gasteiger partial charge < -0.3 is 4.74 Å². The number of allylic oxidation sites excluding steroid dienone is 1. The minimum atomic E-state index is -1.39. The highest BCUT2D eigenvalue weighted by molar-refractivity contribution is 7.89. The Morgan fingerprint density at radius 1 is 1.50 bits per heavy atom. The van der Waals surface area contributed by atoms with Gasteiger partial charge in [-0.3, -0.25) is 4.21 Å². The molecule has 3 nitrogen and oxygen atoms in total. The molecule has 0 aromatic rings. The van der Waals surface area contributed by atoms with E-state index in [1.165, 1.54) is 7.11 Å². The van der Waals surface area contributed by atoms with Crippen molar-refractivity contribution in [1.82, 2.24) is 0 Å². The Hall–Kier alpha value is -0.350. The highest BCUT2D eigenvalue weighted by atomic mass is 35.5. The Morgan fingerprint density at radius 2 is 2.07 bits per heavy atom. The fourth-order valence-electron chi connectivity index (χ4n) is 1.32. The Morgan fingerprint density at radius 3 is 2.57 bits per heavy atom. The van der Waals surface area contributed by atoms with Crippen molar-refractivity contribution >= 4 is 28.4 Å². The van der Waals surface area contributed by atoms with Crippen LogP contribution >= 0.6 is 11.6 Å². The topological polar surface area (TPSA) is 43.4 Å². The van der Waals surface area contributed by atoms with Crippen molar-refractivity contribution in [1.29, 1.82) is 0 Å². The number of carbonyl (C=O) groups is 1. The third-order valence-electron chi connectivity index (χ3n) is 2.42. The molecular weight excluding hydrogens is 224 g/mol. The zero-order chi connectivity index (χ0) is 10.9. The lowest BCUT2D eigenvalue weighted by Crippen LogP contribution is -2.42. The van der Waals surface area contributed by atoms with Crippen LogP contribution in [-0.2, 0) is 20.3 Å². The molecule has 0 fully saturated rings. The lowest BCUT2D eigenvalue weighted by Gasteiger charge is -2.29. The second-order valence-electron chi connectivity index (χ2n) is 3.45. The average Bonchev–Trinajstić information content (AvgIpc) is 2.13. The van der Waals surface area contributed by atoms with Crippen LogP contribution in [0.1, 0.15) is 20.3 Å². The van der Waals surface area contributed by atoms with Gasteiger partial charge in [-0.2, -0.15) is 0 Å². The lowest BCUT2D eigenvalue weighted by atomic mass is 10.1. The number of esters is 1. The minimum absolute atomic E-state index is 0.305. The number of hydrogen-bond donors (Lipinski definition) is 0. The van der Waals surface area contributed by atoms with Crippen molar-refractivity contribution < 1.29 is 13.7 Å². The summed E-state index contributed by atoms with van der Waals surface area (Å²) in [5, 5.41) is 0. The molecule has 1 aliphatic rings. The fraction of sp³-hybridized carbons (Fsp3) is 0.667. The second-order valence-corrected chi connectivity index (χ2v) is 5.99. The summed E-state index contributed by atoms with van der Waals surface area (Å²) in [6.07, 6.45) is 0.305. The molecule has 0 aromatic heterocycles. The van der Waals surface area contributed by atoms with Gasteiger partial charge in [0.05, 0.1) is 17.9 Å². The van der Waals surface area contributed by atoms with Crippen molar-refractivity contribution in [3.05, 3.63) is 11.1 Å². The zero-order valence-corrected chi connectivity index (χ0v) is 10.00. The predicted octanol–water partition coefficient (Wildman–Crippen LogP) is 1.58. The van der Waals surface area contributed by atoms with Crippen LogP contribution in [0.15, 0.2) is 11.1 Å². The van der Waals surface area contributed by atoms with Crippen LogP contribution in [0.5, 0.6) is 0 Å². The molecule has 0 aliphatic carbocycles. The largest absolute Gasteiger partial charge is 0.467 e. The molecule has 1 aliphatic heterocycles. The van der Waals surface area contributed by atoms with E-state index in [0.29, 0.717) is 12.2 Å². The van der Waals surface area contributed by atoms with Crippen LogP contribution in [0.2, 0.25) is 0 Å². The number of rotatable bonds is 1. The van der Waals surface area contributed by atoms with Crippen molar-refractivity contribution in [2.75, 3.05) is 12.9 Å². The molecule has 0 N–H and O–H groups in total. The van der Waals surface area contributed by atoms with Gasteiger partial charge in [-0.05, 0) is 13.8 Å². The third kappa shape index (κ3) is 1.86. The van der Waals surface area contributed by atoms with Gasteiger partial charge in [0.2, 0.25) is 4.21 Å². The molecule has 1 heterocycles. The van der Waals surface area contributed by atoms with E-state index in [1.54, 1.807) is 0 Å². The van der Waals surface area contributed by atoms with E-state index < -0.39 is 21.0 Å². The van der Waals surface area contributed by atoms with Crippen LogP contribution < -0.4 is 0 Å². The van der Waals surface area contributed by atoms with Gasteiger partial charge in [0, 0.05) is 12.2 Å². The molecule has 0 saturated carbocycles. The third-order valence-corrected chi connectivity index (χ3v) is 4.95. The van der Waals surface area contributed by atoms with Gasteiger partial charge in [-0.1, -0.05) is 22.7 Å². The van der Waals surface area contributed by atoms with E-state index in [-0.39, 0.29) is 0 Å². The summed E-state index contributed by atoms with van der Waals surface area (Å²) >= 11 is 6.03. The van der Waals surface area contributed by atoms with Gasteiger partial charge in [0.25, 0.3) is 0 Å². The molecule has 0 bridgehead atoms. The zero-order valence-electron chi connectivity index (χ0n) is 8.43. The molecule has 1 rings (SSSR count). The summed E-state index contributed by atoms with van der Waals surface area (Å²) < 4.78 is 14.9. The molecule has 0 radical (unpaired) electrons. The number of methoxy groups -OCH3 is 1. The van der Waals surface area contributed by atoms with Gasteiger partial charge in [-0.15, -0.1) is 0 Å². The van der Waals surface area contributed by atoms with Crippen molar-refractivity contribution in [3.63, 3.8) is 0 Å². The molecule has 5 heteroatoms. The fourth-order valence-corrected chi connectivity index (χ4v) is 3.28. The summed E-state index contributed by atoms with van der Waals surface area (Å²) in [6, 6.07) is 0. The molecule has 14 heavy (non-hydrogen) atoms. The molecule has 2 atom stereocenters. The smallest absolute Gasteiger partial charge is 0.340 e. The van der Waals surface area contributed by atoms with Crippen LogP contribution in [0.4, 0.5) is 0 Å². The normalized spacial score (nSPS) is 33.0. The first-order valence-corrected chi connectivity index (χ1v) is 5.92. The average molecular weight is 237 g/mol. The molecule has 0 amide bonds. The second kappa shape index (κ2) is 4.03. The summed E-state index contributed by atoms with van der Waals surface area (Å²) in [5.74, 6) is -0.255. The first-order chi connectivity index (χ1) is 6.41. The van der Waals surface area contributed by atoms with E-state index in [1.807, 2.05) is 13.8 Å². The van der Waals surface area contributed by atoms with Gasteiger partial charge in [0.15, 0.2) is 0 Å². The van der Waals surface area contributed by atoms with E-state index in [9.17, 15) is 9.00 Å². The molecular formula is C9H13ClO3S. The lowest BCUT2D eigenvalue weighted by molar-refractivity contribution is -0.141. The van der Waals surface area contributed by atoms with Crippen LogP contribution in [-0.4, -0.2) is 27.2 Å². The maximum atomic E-state index is 11.7. The number of carbonyl (C=O) groups excluding carboxylic acids is 1. The SMILES string of the molecule is COC(=O)[C@@]1(Cl)CC(C)=C(C)C[S@]1=O. The van der Waals surface area contributed by atoms with Crippen molar-refractivity contribution in [2.24, 2.45) is 0 Å². The predicted molar refractivity (Wildman–Crippen MR) is 56.6 cm³/mol. The standard InChI is InChI=1S/C9H13ClO3S/c1-6-4-9(10,8(11)13-3)14(12)5-7(6)2/h4-5H2,1-3H3/t9-,14-/m1/s1.